The molecule has 0 fully saturated rings. The van der Waals surface area contributed by atoms with Gasteiger partial charge in [-0.05, 0) is 13.3 Å². The predicted octanol–water partition coefficient (Wildman–Crippen LogP) is 4.29. The number of esters is 1. The number of hydrogen-bond donors (Lipinski definition) is 0. The molecule has 8 heteroatoms. The van der Waals surface area contributed by atoms with E-state index in [9.17, 15) is 19.5 Å². The van der Waals surface area contributed by atoms with Gasteiger partial charge >= 0.3 is 5.97 Å². The number of carboxylic acids is 1. The monoisotopic (exact) mass is 480 g/mol. The van der Waals surface area contributed by atoms with Gasteiger partial charge in [-0.2, -0.15) is 0 Å². The number of unbranched alkanes of at least 4 members (excludes halogenated alkanes) is 11. The van der Waals surface area contributed by atoms with Crippen LogP contribution in [-0.2, 0) is 20.7 Å². The lowest BCUT2D eigenvalue weighted by Gasteiger charge is -2.15. The standard InChI is InChI=1S/C26H43NO7/c1-4-6-7-8-9-10-11-12-13-14-15-16-17-33-24-19-21(25(34-24)26(30)31)18-22(28)27(3)20-23(29)32-5-2/h19H,4-18,20H2,1-3H3,(H,30,31)/p-1. The molecule has 0 aliphatic rings. The number of rotatable bonds is 20. The predicted molar refractivity (Wildman–Crippen MR) is 128 cm³/mol. The Kier molecular flexibility index (Phi) is 15.5. The third kappa shape index (κ3) is 12.7. The Morgan fingerprint density at radius 1 is 0.912 bits per heavy atom. The van der Waals surface area contributed by atoms with Crippen LogP contribution in [0.2, 0.25) is 0 Å². The molecule has 0 radical (unpaired) electrons. The minimum Gasteiger partial charge on any atom is -0.542 e. The first-order valence-corrected chi connectivity index (χ1v) is 12.7. The van der Waals surface area contributed by atoms with Gasteiger partial charge in [-0.1, -0.05) is 77.6 Å². The van der Waals surface area contributed by atoms with Gasteiger partial charge in [0.2, 0.25) is 5.91 Å². The van der Waals surface area contributed by atoms with E-state index in [4.69, 9.17) is 13.9 Å². The molecular weight excluding hydrogens is 438 g/mol. The van der Waals surface area contributed by atoms with Gasteiger partial charge in [0.1, 0.15) is 12.5 Å². The molecule has 0 aliphatic heterocycles. The van der Waals surface area contributed by atoms with E-state index in [-0.39, 0.29) is 31.1 Å². The van der Waals surface area contributed by atoms with Crippen LogP contribution in [0.25, 0.3) is 0 Å². The topological polar surface area (TPSA) is 109 Å². The Morgan fingerprint density at radius 2 is 1.47 bits per heavy atom. The summed E-state index contributed by atoms with van der Waals surface area (Å²) >= 11 is 0. The normalized spacial score (nSPS) is 10.8. The Bertz CT molecular complexity index is 729. The van der Waals surface area contributed by atoms with Gasteiger partial charge in [-0.15, -0.1) is 0 Å². The van der Waals surface area contributed by atoms with Gasteiger partial charge < -0.3 is 28.7 Å². The molecule has 1 rings (SSSR count). The highest BCUT2D eigenvalue weighted by atomic mass is 16.6. The molecule has 0 aromatic carbocycles. The first-order chi connectivity index (χ1) is 16.4. The van der Waals surface area contributed by atoms with Crippen LogP contribution >= 0.6 is 0 Å². The third-order valence-corrected chi connectivity index (χ3v) is 5.65. The molecule has 1 aromatic rings. The molecule has 1 aromatic heterocycles. The Balaban J connectivity index is 2.29. The molecule has 0 aliphatic carbocycles. The number of likely N-dealkylation sites (N-methyl/N-ethyl adjacent to an activating group) is 1. The second kappa shape index (κ2) is 17.9. The van der Waals surface area contributed by atoms with E-state index in [2.05, 4.69) is 6.92 Å². The third-order valence-electron chi connectivity index (χ3n) is 5.65. The van der Waals surface area contributed by atoms with Crippen LogP contribution < -0.4 is 9.84 Å². The van der Waals surface area contributed by atoms with E-state index in [1.54, 1.807) is 6.92 Å². The molecule has 0 bridgehead atoms. The van der Waals surface area contributed by atoms with Gasteiger partial charge in [0.05, 0.1) is 19.6 Å². The van der Waals surface area contributed by atoms with Crippen LogP contribution in [0.5, 0.6) is 5.95 Å². The molecular formula is C26H42NO7-. The summed E-state index contributed by atoms with van der Waals surface area (Å²) in [4.78, 5) is 36.4. The molecule has 0 saturated heterocycles. The van der Waals surface area contributed by atoms with Crippen LogP contribution in [-0.4, -0.2) is 49.6 Å². The van der Waals surface area contributed by atoms with Crippen LogP contribution in [0.4, 0.5) is 0 Å². The maximum atomic E-state index is 12.3. The highest BCUT2D eigenvalue weighted by molar-refractivity contribution is 5.89. The fraction of sp³-hybridized carbons (Fsp3) is 0.731. The molecule has 0 N–H and O–H groups in total. The van der Waals surface area contributed by atoms with E-state index in [0.717, 1.165) is 19.3 Å². The number of carboxylic acid groups (broad SMARTS) is 1. The molecule has 0 unspecified atom stereocenters. The molecule has 1 amide bonds. The number of amides is 1. The van der Waals surface area contributed by atoms with Crippen molar-refractivity contribution in [3.63, 3.8) is 0 Å². The van der Waals surface area contributed by atoms with Gasteiger partial charge in [0, 0.05) is 18.7 Å². The van der Waals surface area contributed by atoms with Crippen molar-refractivity contribution in [1.82, 2.24) is 4.90 Å². The van der Waals surface area contributed by atoms with Crippen LogP contribution in [0.3, 0.4) is 0 Å². The van der Waals surface area contributed by atoms with E-state index in [1.807, 2.05) is 0 Å². The largest absolute Gasteiger partial charge is 0.542 e. The van der Waals surface area contributed by atoms with Crippen molar-refractivity contribution in [3.8, 4) is 5.95 Å². The number of aromatic carboxylic acids is 1. The van der Waals surface area contributed by atoms with E-state index in [1.165, 1.54) is 75.8 Å². The lowest BCUT2D eigenvalue weighted by atomic mass is 10.1. The average molecular weight is 481 g/mol. The summed E-state index contributed by atoms with van der Waals surface area (Å²) in [5.41, 5.74) is 0.158. The molecule has 194 valence electrons. The minimum absolute atomic E-state index is 0.0538. The SMILES string of the molecule is CCCCCCCCCCCCCCOc1cc(CC(=O)N(C)CC(=O)OCC)c(C(=O)[O-])o1. The lowest BCUT2D eigenvalue weighted by Crippen LogP contribution is -2.34. The zero-order valence-corrected chi connectivity index (χ0v) is 21.2. The average Bonchev–Trinajstić information content (AvgIpc) is 3.19. The fourth-order valence-electron chi connectivity index (χ4n) is 3.68. The summed E-state index contributed by atoms with van der Waals surface area (Å²) in [6.45, 7) is 4.33. The summed E-state index contributed by atoms with van der Waals surface area (Å²) in [5.74, 6) is -2.86. The zero-order valence-electron chi connectivity index (χ0n) is 21.2. The van der Waals surface area contributed by atoms with Crippen molar-refractivity contribution in [2.45, 2.75) is 97.3 Å². The summed E-state index contributed by atoms with van der Waals surface area (Å²) in [6, 6.07) is 1.40. The number of hydrogen-bond acceptors (Lipinski definition) is 7. The molecule has 8 nitrogen and oxygen atoms in total. The number of furan rings is 1. The molecule has 1 heterocycles. The van der Waals surface area contributed by atoms with Crippen molar-refractivity contribution in [2.75, 3.05) is 26.8 Å². The Morgan fingerprint density at radius 3 is 2.00 bits per heavy atom. The van der Waals surface area contributed by atoms with E-state index < -0.39 is 23.6 Å². The Labute approximate surface area is 204 Å². The first kappa shape index (κ1) is 29.5. The van der Waals surface area contributed by atoms with Crippen LogP contribution in [0.15, 0.2) is 10.5 Å². The van der Waals surface area contributed by atoms with Crippen LogP contribution in [0.1, 0.15) is 107 Å². The van der Waals surface area contributed by atoms with Crippen molar-refractivity contribution in [2.24, 2.45) is 0 Å². The fourth-order valence-corrected chi connectivity index (χ4v) is 3.68. The molecule has 0 saturated carbocycles. The van der Waals surface area contributed by atoms with Crippen molar-refractivity contribution in [1.29, 1.82) is 0 Å². The van der Waals surface area contributed by atoms with Gasteiger partial charge in [0.25, 0.3) is 5.95 Å². The van der Waals surface area contributed by atoms with E-state index in [0.29, 0.717) is 6.61 Å². The number of carbonyl (C=O) groups excluding carboxylic acids is 3. The second-order valence-electron chi connectivity index (χ2n) is 8.68. The van der Waals surface area contributed by atoms with Gasteiger partial charge in [-0.3, -0.25) is 9.59 Å². The number of nitrogens with zero attached hydrogens (tertiary/aromatic N) is 1. The number of carbonyl (C=O) groups is 3. The summed E-state index contributed by atoms with van der Waals surface area (Å²) < 4.78 is 15.6. The summed E-state index contributed by atoms with van der Waals surface area (Å²) in [6.07, 6.45) is 14.6. The van der Waals surface area contributed by atoms with Crippen molar-refractivity contribution in [3.05, 3.63) is 17.4 Å². The highest BCUT2D eigenvalue weighted by Crippen LogP contribution is 2.23. The van der Waals surface area contributed by atoms with Gasteiger partial charge in [0.15, 0.2) is 5.76 Å². The number of ether oxygens (including phenoxy) is 2. The van der Waals surface area contributed by atoms with Crippen molar-refractivity contribution >= 4 is 17.8 Å². The highest BCUT2D eigenvalue weighted by Gasteiger charge is 2.20. The van der Waals surface area contributed by atoms with Gasteiger partial charge in [-0.25, -0.2) is 0 Å². The summed E-state index contributed by atoms with van der Waals surface area (Å²) in [5, 5.41) is 11.4. The second-order valence-corrected chi connectivity index (χ2v) is 8.68. The maximum absolute atomic E-state index is 12.3. The van der Waals surface area contributed by atoms with Crippen LogP contribution in [0, 0.1) is 0 Å². The smallest absolute Gasteiger partial charge is 0.325 e. The molecule has 0 spiro atoms. The zero-order chi connectivity index (χ0) is 25.2. The maximum Gasteiger partial charge on any atom is 0.325 e. The first-order valence-electron chi connectivity index (χ1n) is 12.7. The van der Waals surface area contributed by atoms with Crippen molar-refractivity contribution < 1.29 is 33.4 Å². The molecule has 0 atom stereocenters. The lowest BCUT2D eigenvalue weighted by molar-refractivity contribution is -0.257. The van der Waals surface area contributed by atoms with E-state index >= 15 is 0 Å². The summed E-state index contributed by atoms with van der Waals surface area (Å²) in [7, 11) is 1.45. The molecule has 34 heavy (non-hydrogen) atoms. The minimum atomic E-state index is -1.52. The quantitative estimate of drug-likeness (QED) is 0.202. The Hall–Kier alpha value is -2.51.